The van der Waals surface area contributed by atoms with Crippen molar-refractivity contribution in [3.8, 4) is 0 Å². The van der Waals surface area contributed by atoms with Gasteiger partial charge in [0.25, 0.3) is 0 Å². The van der Waals surface area contributed by atoms with Gasteiger partial charge in [-0.25, -0.2) is 0 Å². The Bertz CT molecular complexity index is 1830. The van der Waals surface area contributed by atoms with E-state index in [1.807, 2.05) is 24.8 Å². The molecule has 2 aromatic rings. The van der Waals surface area contributed by atoms with Crippen molar-refractivity contribution < 1.29 is 19.8 Å². The first-order chi connectivity index (χ1) is 26.3. The van der Waals surface area contributed by atoms with E-state index in [0.717, 1.165) is 71.0 Å². The molecule has 0 spiro atoms. The van der Waals surface area contributed by atoms with Crippen LogP contribution in [0.3, 0.4) is 0 Å². The average Bonchev–Trinajstić information content (AvgIpc) is 3.15. The number of allylic oxidation sites excluding steroid dienone is 2. The fourth-order valence-corrected chi connectivity index (χ4v) is 14.7. The molecule has 8 heteroatoms. The summed E-state index contributed by atoms with van der Waals surface area (Å²) in [4.78, 5) is 34.2. The lowest BCUT2D eigenvalue weighted by atomic mass is 9.33. The quantitative estimate of drug-likeness (QED) is 0.300. The maximum atomic E-state index is 14.2. The Morgan fingerprint density at radius 2 is 1.44 bits per heavy atom. The number of nitrogens with zero attached hydrogens (tertiary/aromatic N) is 2. The number of para-hydroxylation sites is 2. The van der Waals surface area contributed by atoms with Crippen LogP contribution in [0.4, 0.5) is 11.4 Å². The molecule has 1 heterocycles. The van der Waals surface area contributed by atoms with Gasteiger partial charge in [0.15, 0.2) is 5.78 Å². The standard InChI is InChI=1S/C30H46O4.C19H24N2S.ClH/c1-25(2)21-8-11-30(7)23(28(21,5)10-9-22(25)32)20(31)16-18-19-17-27(4,24(33)34)13-12-26(19,3)14-15-29(18,30)6;1-4-20(5-2)15(3)14-21-16-10-6-8-12-18(16)22-19-13-9-7-11-17(19)21;/h16,19,21-23,32H,8-15,17H2,1-7H3,(H,33,34);6-13,15H,4-5,14H2,1-3H3;1H. The molecular weight excluding hydrogens is 748 g/mol. The number of benzene rings is 2. The van der Waals surface area contributed by atoms with Gasteiger partial charge in [0, 0.05) is 28.3 Å². The highest BCUT2D eigenvalue weighted by molar-refractivity contribution is 7.99. The molecule has 4 fully saturated rings. The average molecular weight is 820 g/mol. The second-order valence-electron chi connectivity index (χ2n) is 20.7. The number of likely N-dealkylation sites (N-methyl/N-ethyl adjacent to an activating group) is 1. The predicted octanol–water partition coefficient (Wildman–Crippen LogP) is 11.9. The molecule has 2 N–H and O–H groups in total. The molecule has 314 valence electrons. The second-order valence-corrected chi connectivity index (χ2v) is 21.7. The zero-order valence-corrected chi connectivity index (χ0v) is 38.1. The van der Waals surface area contributed by atoms with Gasteiger partial charge in [-0.1, -0.05) is 97.0 Å². The van der Waals surface area contributed by atoms with Gasteiger partial charge in [0.05, 0.1) is 22.9 Å². The van der Waals surface area contributed by atoms with Gasteiger partial charge >= 0.3 is 5.97 Å². The molecule has 10 unspecified atom stereocenters. The van der Waals surface area contributed by atoms with Crippen LogP contribution < -0.4 is 4.90 Å². The monoisotopic (exact) mass is 818 g/mol. The number of carboxylic acids is 1. The molecule has 0 radical (unpaired) electrons. The van der Waals surface area contributed by atoms with E-state index < -0.39 is 11.4 Å². The molecule has 4 saturated carbocycles. The lowest BCUT2D eigenvalue weighted by Crippen LogP contribution is -2.66. The molecule has 5 aliphatic carbocycles. The number of anilines is 2. The van der Waals surface area contributed by atoms with Crippen LogP contribution in [-0.2, 0) is 9.59 Å². The number of carbonyl (C=O) groups excluding carboxylic acids is 1. The van der Waals surface area contributed by atoms with E-state index in [1.165, 1.54) is 26.7 Å². The van der Waals surface area contributed by atoms with Crippen LogP contribution in [0, 0.1) is 50.2 Å². The van der Waals surface area contributed by atoms with Gasteiger partial charge in [0.1, 0.15) is 0 Å². The first-order valence-corrected chi connectivity index (χ1v) is 22.7. The van der Waals surface area contributed by atoms with E-state index in [-0.39, 0.29) is 63.2 Å². The van der Waals surface area contributed by atoms with Crippen LogP contribution in [0.5, 0.6) is 0 Å². The van der Waals surface area contributed by atoms with Crippen molar-refractivity contribution in [3.05, 3.63) is 60.2 Å². The number of hydrogen-bond donors (Lipinski definition) is 2. The zero-order valence-electron chi connectivity index (χ0n) is 36.5. The summed E-state index contributed by atoms with van der Waals surface area (Å²) in [5.41, 5.74) is 2.82. The second kappa shape index (κ2) is 15.6. The molecule has 0 bridgehead atoms. The third-order valence-electron chi connectivity index (χ3n) is 17.5. The molecule has 6 aliphatic rings. The van der Waals surface area contributed by atoms with Crippen molar-refractivity contribution in [2.24, 2.45) is 50.2 Å². The fourth-order valence-electron chi connectivity index (χ4n) is 13.6. The summed E-state index contributed by atoms with van der Waals surface area (Å²) < 4.78 is 0. The number of rotatable bonds is 6. The summed E-state index contributed by atoms with van der Waals surface area (Å²) in [7, 11) is 0. The van der Waals surface area contributed by atoms with E-state index in [4.69, 9.17) is 0 Å². The maximum absolute atomic E-state index is 14.2. The van der Waals surface area contributed by atoms with Crippen molar-refractivity contribution in [1.29, 1.82) is 0 Å². The van der Waals surface area contributed by atoms with E-state index in [9.17, 15) is 19.8 Å². The number of aliphatic carboxylic acids is 1. The molecule has 1 aliphatic heterocycles. The van der Waals surface area contributed by atoms with Crippen molar-refractivity contribution in [2.75, 3.05) is 24.5 Å². The molecule has 2 aromatic carbocycles. The van der Waals surface area contributed by atoms with Crippen LogP contribution in [0.25, 0.3) is 0 Å². The summed E-state index contributed by atoms with van der Waals surface area (Å²) in [6.07, 6.45) is 9.95. The minimum atomic E-state index is -0.711. The molecule has 8 rings (SSSR count). The molecule has 0 saturated heterocycles. The highest BCUT2D eigenvalue weighted by Crippen LogP contribution is 2.75. The minimum Gasteiger partial charge on any atom is -0.481 e. The summed E-state index contributed by atoms with van der Waals surface area (Å²) in [5, 5.41) is 20.9. The van der Waals surface area contributed by atoms with Crippen molar-refractivity contribution >= 4 is 47.3 Å². The number of carboxylic acid groups (broad SMARTS) is 1. The number of carbonyl (C=O) groups is 2. The number of halogens is 1. The summed E-state index contributed by atoms with van der Waals surface area (Å²) in [6.45, 7) is 25.9. The first kappa shape index (κ1) is 44.2. The SMILES string of the molecule is CC1(C(=O)O)CCC2(C)CCC3(C)C(=CC(=O)C4C5(C)CCC(O)C(C)(C)C5CCC43C)C2C1.CCN(CC)C(C)CN1c2ccccc2Sc2ccccc21.Cl. The van der Waals surface area contributed by atoms with Crippen molar-refractivity contribution in [3.63, 3.8) is 0 Å². The fraction of sp³-hybridized carbons (Fsp3) is 0.673. The highest BCUT2D eigenvalue weighted by Gasteiger charge is 2.70. The van der Waals surface area contributed by atoms with Gasteiger partial charge < -0.3 is 15.1 Å². The summed E-state index contributed by atoms with van der Waals surface area (Å²) >= 11 is 1.88. The topological polar surface area (TPSA) is 81.1 Å². The summed E-state index contributed by atoms with van der Waals surface area (Å²) in [6, 6.07) is 18.0. The van der Waals surface area contributed by atoms with Gasteiger partial charge in [0.2, 0.25) is 0 Å². The number of ketones is 1. The predicted molar refractivity (Wildman–Crippen MR) is 237 cm³/mol. The first-order valence-electron chi connectivity index (χ1n) is 21.8. The van der Waals surface area contributed by atoms with Gasteiger partial charge in [-0.15, -0.1) is 12.4 Å². The number of hydrogen-bond acceptors (Lipinski definition) is 6. The van der Waals surface area contributed by atoms with E-state index in [0.29, 0.717) is 18.4 Å². The maximum Gasteiger partial charge on any atom is 0.309 e. The van der Waals surface area contributed by atoms with Crippen molar-refractivity contribution in [2.45, 2.75) is 149 Å². The zero-order chi connectivity index (χ0) is 40.6. The van der Waals surface area contributed by atoms with Crippen LogP contribution in [-0.4, -0.2) is 58.6 Å². The van der Waals surface area contributed by atoms with Crippen LogP contribution >= 0.6 is 24.2 Å². The van der Waals surface area contributed by atoms with Crippen molar-refractivity contribution in [1.82, 2.24) is 4.90 Å². The Hall–Kier alpha value is -2.32. The number of aliphatic hydroxyl groups excluding tert-OH is 1. The van der Waals surface area contributed by atoms with E-state index >= 15 is 0 Å². The molecular formula is C49H71ClN2O4S. The lowest BCUT2D eigenvalue weighted by molar-refractivity contribution is -0.202. The van der Waals surface area contributed by atoms with Gasteiger partial charge in [-0.05, 0) is 154 Å². The van der Waals surface area contributed by atoms with Gasteiger partial charge in [-0.3, -0.25) is 14.5 Å². The van der Waals surface area contributed by atoms with Crippen LogP contribution in [0.2, 0.25) is 0 Å². The smallest absolute Gasteiger partial charge is 0.309 e. The number of fused-ring (bicyclic) bond motifs is 9. The third kappa shape index (κ3) is 6.94. The molecule has 57 heavy (non-hydrogen) atoms. The summed E-state index contributed by atoms with van der Waals surface area (Å²) in [5.74, 6) is 0.0603. The Kier molecular flexibility index (Phi) is 12.1. The molecule has 0 aromatic heterocycles. The Morgan fingerprint density at radius 1 is 0.860 bits per heavy atom. The largest absolute Gasteiger partial charge is 0.481 e. The van der Waals surface area contributed by atoms with Crippen LogP contribution in [0.15, 0.2) is 70.0 Å². The van der Waals surface area contributed by atoms with Gasteiger partial charge in [-0.2, -0.15) is 0 Å². The number of aliphatic hydroxyl groups is 1. The Labute approximate surface area is 354 Å². The molecule has 6 nitrogen and oxygen atoms in total. The van der Waals surface area contributed by atoms with E-state index in [1.54, 1.807) is 0 Å². The van der Waals surface area contributed by atoms with Crippen LogP contribution in [0.1, 0.15) is 127 Å². The minimum absolute atomic E-state index is 0. The normalized spacial score (nSPS) is 37.9. The Morgan fingerprint density at radius 3 is 2.02 bits per heavy atom. The highest BCUT2D eigenvalue weighted by atomic mass is 35.5. The molecule has 0 amide bonds. The lowest BCUT2D eigenvalue weighted by Gasteiger charge is -2.70. The third-order valence-corrected chi connectivity index (χ3v) is 18.6. The molecule has 10 atom stereocenters. The Balaban J connectivity index is 0.000000207. The van der Waals surface area contributed by atoms with E-state index in [2.05, 4.69) is 121 Å².